The molecule has 0 bridgehead atoms. The van der Waals surface area contributed by atoms with E-state index in [4.69, 9.17) is 4.74 Å². The number of ether oxygens (including phenoxy) is 1. The summed E-state index contributed by atoms with van der Waals surface area (Å²) in [5.41, 5.74) is 1.27. The molecule has 88 valence electrons. The summed E-state index contributed by atoms with van der Waals surface area (Å²) in [5.74, 6) is 0. The Hall–Kier alpha value is -0.930. The molecule has 1 aromatic heterocycles. The van der Waals surface area contributed by atoms with E-state index in [1.165, 1.54) is 31.2 Å². The minimum atomic E-state index is 0.530. The summed E-state index contributed by atoms with van der Waals surface area (Å²) in [5, 5.41) is 3.37. The van der Waals surface area contributed by atoms with Gasteiger partial charge in [-0.25, -0.2) is 0 Å². The van der Waals surface area contributed by atoms with Crippen LogP contribution >= 0.6 is 0 Å². The summed E-state index contributed by atoms with van der Waals surface area (Å²) in [4.78, 5) is 3.99. The van der Waals surface area contributed by atoms with Crippen LogP contribution in [0.25, 0.3) is 0 Å². The van der Waals surface area contributed by atoms with Crippen molar-refractivity contribution in [3.05, 3.63) is 30.1 Å². The minimum Gasteiger partial charge on any atom is -0.377 e. The van der Waals surface area contributed by atoms with Crippen molar-refractivity contribution in [3.63, 3.8) is 0 Å². The molecule has 0 amide bonds. The lowest BCUT2D eigenvalue weighted by atomic mass is 10.3. The van der Waals surface area contributed by atoms with E-state index in [0.717, 1.165) is 19.7 Å². The van der Waals surface area contributed by atoms with Gasteiger partial charge in [-0.1, -0.05) is 12.8 Å². The highest BCUT2D eigenvalue weighted by atomic mass is 16.5. The number of nitrogens with one attached hydrogen (secondary N) is 1. The third-order valence-corrected chi connectivity index (χ3v) is 3.01. The highest BCUT2D eigenvalue weighted by Crippen LogP contribution is 2.20. The molecule has 1 fully saturated rings. The smallest absolute Gasteiger partial charge is 0.0594 e. The zero-order valence-electron chi connectivity index (χ0n) is 9.69. The lowest BCUT2D eigenvalue weighted by Gasteiger charge is -2.11. The van der Waals surface area contributed by atoms with Crippen molar-refractivity contribution in [3.8, 4) is 0 Å². The fourth-order valence-electron chi connectivity index (χ4n) is 2.09. The van der Waals surface area contributed by atoms with Crippen LogP contribution in [0.1, 0.15) is 31.2 Å². The first kappa shape index (κ1) is 11.6. The summed E-state index contributed by atoms with van der Waals surface area (Å²) < 4.78 is 5.77. The number of hydrogen-bond acceptors (Lipinski definition) is 3. The van der Waals surface area contributed by atoms with Crippen LogP contribution in [-0.4, -0.2) is 24.2 Å². The molecule has 1 N–H and O–H groups in total. The van der Waals surface area contributed by atoms with Crippen LogP contribution in [0, 0.1) is 0 Å². The first-order valence-corrected chi connectivity index (χ1v) is 6.16. The van der Waals surface area contributed by atoms with E-state index >= 15 is 0 Å². The van der Waals surface area contributed by atoms with Crippen molar-refractivity contribution >= 4 is 0 Å². The second-order valence-electron chi connectivity index (χ2n) is 4.31. The Kier molecular flexibility index (Phi) is 4.77. The van der Waals surface area contributed by atoms with E-state index in [1.54, 1.807) is 0 Å². The van der Waals surface area contributed by atoms with Gasteiger partial charge in [0.15, 0.2) is 0 Å². The maximum absolute atomic E-state index is 5.77. The Morgan fingerprint density at radius 1 is 1.25 bits per heavy atom. The molecule has 0 aliphatic heterocycles. The molecule has 1 aromatic rings. The average Bonchev–Trinajstić information content (AvgIpc) is 2.83. The molecule has 1 saturated carbocycles. The average molecular weight is 220 g/mol. The van der Waals surface area contributed by atoms with Crippen molar-refractivity contribution in [2.45, 2.75) is 38.3 Å². The van der Waals surface area contributed by atoms with Gasteiger partial charge in [0, 0.05) is 25.5 Å². The number of nitrogens with zero attached hydrogens (tertiary/aromatic N) is 1. The largest absolute Gasteiger partial charge is 0.377 e. The summed E-state index contributed by atoms with van der Waals surface area (Å²) >= 11 is 0. The molecule has 0 saturated heterocycles. The highest BCUT2D eigenvalue weighted by Gasteiger charge is 2.14. The zero-order valence-corrected chi connectivity index (χ0v) is 9.69. The van der Waals surface area contributed by atoms with Crippen LogP contribution in [-0.2, 0) is 11.3 Å². The van der Waals surface area contributed by atoms with Crippen molar-refractivity contribution in [1.29, 1.82) is 0 Å². The van der Waals surface area contributed by atoms with Gasteiger partial charge in [-0.2, -0.15) is 0 Å². The number of aromatic nitrogens is 1. The predicted molar refractivity (Wildman–Crippen MR) is 64.2 cm³/mol. The Morgan fingerprint density at radius 2 is 2.00 bits per heavy atom. The Bertz CT molecular complexity index is 283. The summed E-state index contributed by atoms with van der Waals surface area (Å²) in [6.07, 6.45) is 9.37. The molecule has 16 heavy (non-hydrogen) atoms. The van der Waals surface area contributed by atoms with Gasteiger partial charge >= 0.3 is 0 Å². The van der Waals surface area contributed by atoms with Crippen LogP contribution in [0.2, 0.25) is 0 Å². The first-order chi connectivity index (χ1) is 7.95. The van der Waals surface area contributed by atoms with E-state index in [1.807, 2.05) is 24.5 Å². The normalized spacial score (nSPS) is 16.8. The second-order valence-corrected chi connectivity index (χ2v) is 4.31. The second kappa shape index (κ2) is 6.61. The lowest BCUT2D eigenvalue weighted by molar-refractivity contribution is 0.0603. The van der Waals surface area contributed by atoms with E-state index in [2.05, 4.69) is 10.3 Å². The standard InChI is InChI=1S/C13H20N2O/c1-2-4-13(3-1)16-10-9-15-11-12-5-7-14-8-6-12/h5-8,13,15H,1-4,9-11H2. The quantitative estimate of drug-likeness (QED) is 0.746. The fraction of sp³-hybridized carbons (Fsp3) is 0.615. The van der Waals surface area contributed by atoms with Gasteiger partial charge in [0.2, 0.25) is 0 Å². The zero-order chi connectivity index (χ0) is 11.1. The molecular weight excluding hydrogens is 200 g/mol. The number of rotatable bonds is 6. The Morgan fingerprint density at radius 3 is 2.75 bits per heavy atom. The van der Waals surface area contributed by atoms with Crippen molar-refractivity contribution in [1.82, 2.24) is 10.3 Å². The van der Waals surface area contributed by atoms with E-state index in [9.17, 15) is 0 Å². The molecule has 0 atom stereocenters. The van der Waals surface area contributed by atoms with E-state index < -0.39 is 0 Å². The first-order valence-electron chi connectivity index (χ1n) is 6.16. The summed E-state index contributed by atoms with van der Waals surface area (Å²) in [6.45, 7) is 2.66. The predicted octanol–water partition coefficient (Wildman–Crippen LogP) is 2.13. The topological polar surface area (TPSA) is 34.1 Å². The third-order valence-electron chi connectivity index (χ3n) is 3.01. The third kappa shape index (κ3) is 3.91. The molecule has 1 aliphatic rings. The van der Waals surface area contributed by atoms with Crippen LogP contribution in [0.3, 0.4) is 0 Å². The monoisotopic (exact) mass is 220 g/mol. The maximum Gasteiger partial charge on any atom is 0.0594 e. The van der Waals surface area contributed by atoms with Crippen molar-refractivity contribution < 1.29 is 4.74 Å². The molecule has 3 nitrogen and oxygen atoms in total. The lowest BCUT2D eigenvalue weighted by Crippen LogP contribution is -2.21. The molecule has 0 aromatic carbocycles. The van der Waals surface area contributed by atoms with Crippen LogP contribution in [0.5, 0.6) is 0 Å². The fourth-order valence-corrected chi connectivity index (χ4v) is 2.09. The van der Waals surface area contributed by atoms with Crippen molar-refractivity contribution in [2.75, 3.05) is 13.2 Å². The van der Waals surface area contributed by atoms with Crippen LogP contribution in [0.15, 0.2) is 24.5 Å². The van der Waals surface area contributed by atoms with Crippen LogP contribution < -0.4 is 5.32 Å². The van der Waals surface area contributed by atoms with E-state index in [-0.39, 0.29) is 0 Å². The van der Waals surface area contributed by atoms with Gasteiger partial charge in [0.25, 0.3) is 0 Å². The molecule has 2 rings (SSSR count). The minimum absolute atomic E-state index is 0.530. The van der Waals surface area contributed by atoms with Gasteiger partial charge in [-0.15, -0.1) is 0 Å². The van der Waals surface area contributed by atoms with Crippen molar-refractivity contribution in [2.24, 2.45) is 0 Å². The number of hydrogen-bond donors (Lipinski definition) is 1. The molecule has 1 heterocycles. The highest BCUT2D eigenvalue weighted by molar-refractivity contribution is 5.08. The van der Waals surface area contributed by atoms with Gasteiger partial charge in [-0.3, -0.25) is 4.98 Å². The van der Waals surface area contributed by atoms with Gasteiger partial charge in [0.1, 0.15) is 0 Å². The van der Waals surface area contributed by atoms with Gasteiger partial charge < -0.3 is 10.1 Å². The Balaban J connectivity index is 1.52. The molecular formula is C13H20N2O. The van der Waals surface area contributed by atoms with Gasteiger partial charge in [0.05, 0.1) is 12.7 Å². The maximum atomic E-state index is 5.77. The molecule has 0 radical (unpaired) electrons. The Labute approximate surface area is 97.2 Å². The molecule has 0 spiro atoms. The van der Waals surface area contributed by atoms with E-state index in [0.29, 0.717) is 6.10 Å². The summed E-state index contributed by atoms with van der Waals surface area (Å²) in [7, 11) is 0. The molecule has 1 aliphatic carbocycles. The SMILES string of the molecule is c1cc(CNCCOC2CCCC2)ccn1. The number of pyridine rings is 1. The van der Waals surface area contributed by atoms with Gasteiger partial charge in [-0.05, 0) is 30.5 Å². The molecule has 3 heteroatoms. The summed E-state index contributed by atoms with van der Waals surface area (Å²) in [6, 6.07) is 4.07. The van der Waals surface area contributed by atoms with Crippen LogP contribution in [0.4, 0.5) is 0 Å². The molecule has 0 unspecified atom stereocenters.